The Labute approximate surface area is 116 Å². The van der Waals surface area contributed by atoms with Crippen molar-refractivity contribution < 1.29 is 13.6 Å². The molecule has 6 heteroatoms. The van der Waals surface area contributed by atoms with Gasteiger partial charge in [0.2, 0.25) is 0 Å². The zero-order valence-corrected chi connectivity index (χ0v) is 11.8. The number of hydrogen-bond acceptors (Lipinski definition) is 2. The first-order valence-electron chi connectivity index (χ1n) is 6.00. The maximum absolute atomic E-state index is 12.9. The van der Waals surface area contributed by atoms with Crippen molar-refractivity contribution in [1.29, 1.82) is 0 Å². The van der Waals surface area contributed by atoms with Gasteiger partial charge in [0.1, 0.15) is 0 Å². The first kappa shape index (κ1) is 15.8. The highest BCUT2D eigenvalue weighted by atomic mass is 32.2. The molecule has 0 heterocycles. The number of benzene rings is 1. The molecule has 106 valence electrons. The fourth-order valence-electron chi connectivity index (χ4n) is 1.58. The summed E-state index contributed by atoms with van der Waals surface area (Å²) in [5.41, 5.74) is 0.649. The zero-order chi connectivity index (χ0) is 14.3. The third-order valence-corrected chi connectivity index (χ3v) is 3.31. The standard InChI is InChI=1S/C13H18F2N2OS/c1-9(8-19-2)17-13(18)16-6-5-10-3-4-11(14)12(15)7-10/h3-4,7,9H,5-6,8H2,1-2H3,(H2,16,17,18). The lowest BCUT2D eigenvalue weighted by atomic mass is 10.1. The minimum absolute atomic E-state index is 0.0956. The molecule has 2 amide bonds. The Balaban J connectivity index is 2.29. The molecule has 0 saturated carbocycles. The van der Waals surface area contributed by atoms with Crippen molar-refractivity contribution in [2.45, 2.75) is 19.4 Å². The molecule has 2 N–H and O–H groups in total. The van der Waals surface area contributed by atoms with Crippen molar-refractivity contribution in [2.24, 2.45) is 0 Å². The molecule has 0 aliphatic rings. The van der Waals surface area contributed by atoms with Crippen molar-refractivity contribution in [3.63, 3.8) is 0 Å². The van der Waals surface area contributed by atoms with Gasteiger partial charge in [-0.05, 0) is 37.3 Å². The van der Waals surface area contributed by atoms with Crippen LogP contribution in [0, 0.1) is 11.6 Å². The van der Waals surface area contributed by atoms with Crippen LogP contribution in [0.4, 0.5) is 13.6 Å². The molecular formula is C13H18F2N2OS. The van der Waals surface area contributed by atoms with E-state index in [0.29, 0.717) is 18.5 Å². The average molecular weight is 288 g/mol. The van der Waals surface area contributed by atoms with Gasteiger partial charge in [0.05, 0.1) is 0 Å². The Hall–Kier alpha value is -1.30. The smallest absolute Gasteiger partial charge is 0.315 e. The van der Waals surface area contributed by atoms with Gasteiger partial charge in [-0.2, -0.15) is 11.8 Å². The Morgan fingerprint density at radius 2 is 2.11 bits per heavy atom. The molecule has 0 aliphatic carbocycles. The number of hydrogen-bond donors (Lipinski definition) is 2. The second kappa shape index (κ2) is 7.99. The third-order valence-electron chi connectivity index (χ3n) is 2.48. The molecule has 0 saturated heterocycles. The summed E-state index contributed by atoms with van der Waals surface area (Å²) in [6.07, 6.45) is 2.43. The summed E-state index contributed by atoms with van der Waals surface area (Å²) in [6.45, 7) is 2.30. The van der Waals surface area contributed by atoms with E-state index in [1.54, 1.807) is 11.8 Å². The summed E-state index contributed by atoms with van der Waals surface area (Å²) in [6, 6.07) is 3.59. The molecule has 0 spiro atoms. The SMILES string of the molecule is CSCC(C)NC(=O)NCCc1ccc(F)c(F)c1. The summed E-state index contributed by atoms with van der Waals surface area (Å²) in [5, 5.41) is 5.46. The van der Waals surface area contributed by atoms with Crippen molar-refractivity contribution in [1.82, 2.24) is 10.6 Å². The lowest BCUT2D eigenvalue weighted by Gasteiger charge is -2.13. The van der Waals surface area contributed by atoms with E-state index >= 15 is 0 Å². The fourth-order valence-corrected chi connectivity index (χ4v) is 2.17. The van der Waals surface area contributed by atoms with Crippen molar-refractivity contribution in [2.75, 3.05) is 18.6 Å². The van der Waals surface area contributed by atoms with Gasteiger partial charge < -0.3 is 10.6 Å². The van der Waals surface area contributed by atoms with E-state index in [2.05, 4.69) is 10.6 Å². The highest BCUT2D eigenvalue weighted by Crippen LogP contribution is 2.08. The van der Waals surface area contributed by atoms with Crippen molar-refractivity contribution in [3.8, 4) is 0 Å². The second-order valence-electron chi connectivity index (χ2n) is 4.26. The summed E-state index contributed by atoms with van der Waals surface area (Å²) in [4.78, 5) is 11.5. The largest absolute Gasteiger partial charge is 0.338 e. The highest BCUT2D eigenvalue weighted by molar-refractivity contribution is 7.98. The van der Waals surface area contributed by atoms with Crippen molar-refractivity contribution >= 4 is 17.8 Å². The molecule has 0 aromatic heterocycles. The molecule has 1 unspecified atom stereocenters. The number of nitrogens with one attached hydrogen (secondary N) is 2. The van der Waals surface area contributed by atoms with Crippen LogP contribution >= 0.6 is 11.8 Å². The average Bonchev–Trinajstić information content (AvgIpc) is 2.34. The molecule has 3 nitrogen and oxygen atoms in total. The molecule has 0 aliphatic heterocycles. The van der Waals surface area contributed by atoms with Crippen LogP contribution in [0.2, 0.25) is 0 Å². The number of thioether (sulfide) groups is 1. The topological polar surface area (TPSA) is 41.1 Å². The Bertz CT molecular complexity index is 429. The zero-order valence-electron chi connectivity index (χ0n) is 11.0. The molecule has 1 aromatic rings. The number of carbonyl (C=O) groups is 1. The Morgan fingerprint density at radius 1 is 1.37 bits per heavy atom. The molecule has 0 bridgehead atoms. The molecule has 1 rings (SSSR count). The number of urea groups is 1. The molecular weight excluding hydrogens is 270 g/mol. The fraction of sp³-hybridized carbons (Fsp3) is 0.462. The number of rotatable bonds is 6. The van der Waals surface area contributed by atoms with Gasteiger partial charge in [-0.1, -0.05) is 6.07 Å². The van der Waals surface area contributed by atoms with Gasteiger partial charge in [0.25, 0.3) is 0 Å². The van der Waals surface area contributed by atoms with E-state index in [1.165, 1.54) is 6.07 Å². The monoisotopic (exact) mass is 288 g/mol. The van der Waals surface area contributed by atoms with E-state index in [-0.39, 0.29) is 12.1 Å². The first-order valence-corrected chi connectivity index (χ1v) is 7.39. The van der Waals surface area contributed by atoms with Crippen LogP contribution in [0.25, 0.3) is 0 Å². The van der Waals surface area contributed by atoms with Crippen LogP contribution in [0.5, 0.6) is 0 Å². The second-order valence-corrected chi connectivity index (χ2v) is 5.17. The van der Waals surface area contributed by atoms with Crippen LogP contribution < -0.4 is 10.6 Å². The maximum atomic E-state index is 12.9. The predicted octanol–water partition coefficient (Wildman–Crippen LogP) is 2.56. The maximum Gasteiger partial charge on any atom is 0.315 e. The van der Waals surface area contributed by atoms with E-state index in [9.17, 15) is 13.6 Å². The van der Waals surface area contributed by atoms with Crippen molar-refractivity contribution in [3.05, 3.63) is 35.4 Å². The van der Waals surface area contributed by atoms with Gasteiger partial charge in [0, 0.05) is 18.3 Å². The molecule has 1 atom stereocenters. The van der Waals surface area contributed by atoms with Crippen LogP contribution in [0.3, 0.4) is 0 Å². The highest BCUT2D eigenvalue weighted by Gasteiger charge is 2.06. The Morgan fingerprint density at radius 3 is 2.74 bits per heavy atom. The van der Waals surface area contributed by atoms with E-state index in [4.69, 9.17) is 0 Å². The summed E-state index contributed by atoms with van der Waals surface area (Å²) in [7, 11) is 0. The van der Waals surface area contributed by atoms with Gasteiger partial charge in [-0.25, -0.2) is 13.6 Å². The van der Waals surface area contributed by atoms with Crippen LogP contribution in [0.15, 0.2) is 18.2 Å². The van der Waals surface area contributed by atoms with Crippen LogP contribution in [-0.4, -0.2) is 30.6 Å². The van der Waals surface area contributed by atoms with E-state index in [1.807, 2.05) is 13.2 Å². The first-order chi connectivity index (χ1) is 9.02. The number of amides is 2. The van der Waals surface area contributed by atoms with Crippen LogP contribution in [0.1, 0.15) is 12.5 Å². The van der Waals surface area contributed by atoms with E-state index in [0.717, 1.165) is 17.9 Å². The summed E-state index contributed by atoms with van der Waals surface area (Å²) < 4.78 is 25.7. The normalized spacial score (nSPS) is 12.0. The Kier molecular flexibility index (Phi) is 6.62. The quantitative estimate of drug-likeness (QED) is 0.844. The van der Waals surface area contributed by atoms with Gasteiger partial charge in [0.15, 0.2) is 11.6 Å². The molecule has 0 fully saturated rings. The summed E-state index contributed by atoms with van der Waals surface area (Å²) >= 11 is 1.66. The lowest BCUT2D eigenvalue weighted by Crippen LogP contribution is -2.42. The molecule has 1 aromatic carbocycles. The van der Waals surface area contributed by atoms with Gasteiger partial charge in [-0.15, -0.1) is 0 Å². The minimum Gasteiger partial charge on any atom is -0.338 e. The number of halogens is 2. The third kappa shape index (κ3) is 5.92. The van der Waals surface area contributed by atoms with Gasteiger partial charge in [-0.3, -0.25) is 0 Å². The predicted molar refractivity (Wildman–Crippen MR) is 74.4 cm³/mol. The summed E-state index contributed by atoms with van der Waals surface area (Å²) in [5.74, 6) is -0.882. The minimum atomic E-state index is -0.865. The lowest BCUT2D eigenvalue weighted by molar-refractivity contribution is 0.239. The molecule has 0 radical (unpaired) electrons. The van der Waals surface area contributed by atoms with Crippen LogP contribution in [-0.2, 0) is 6.42 Å². The number of carbonyl (C=O) groups excluding carboxylic acids is 1. The molecule has 19 heavy (non-hydrogen) atoms. The van der Waals surface area contributed by atoms with E-state index < -0.39 is 11.6 Å². The van der Waals surface area contributed by atoms with Gasteiger partial charge >= 0.3 is 6.03 Å².